The Labute approximate surface area is 134 Å². The number of nitrogens with one attached hydrogen (secondary N) is 1. The lowest BCUT2D eigenvalue weighted by molar-refractivity contribution is -0.116. The lowest BCUT2D eigenvalue weighted by atomic mass is 9.92. The van der Waals surface area contributed by atoms with E-state index in [4.69, 9.17) is 4.74 Å². The van der Waals surface area contributed by atoms with E-state index in [2.05, 4.69) is 57.3 Å². The smallest absolute Gasteiger partial charge is 0.244 e. The Bertz CT molecular complexity index is 487. The first-order valence-corrected chi connectivity index (χ1v) is 8.04. The van der Waals surface area contributed by atoms with Crippen molar-refractivity contribution >= 4 is 11.5 Å². The van der Waals surface area contributed by atoms with Gasteiger partial charge < -0.3 is 10.1 Å². The molecule has 0 radical (unpaired) electrons. The molecule has 0 aliphatic heterocycles. The van der Waals surface area contributed by atoms with E-state index in [1.165, 1.54) is 5.56 Å². The second kappa shape index (κ2) is 9.42. The highest BCUT2D eigenvalue weighted by Gasteiger charge is 2.10. The zero-order valence-corrected chi connectivity index (χ0v) is 14.5. The van der Waals surface area contributed by atoms with Crippen molar-refractivity contribution in [2.75, 3.05) is 20.3 Å². The number of amides is 1. The van der Waals surface area contributed by atoms with Gasteiger partial charge in [0.25, 0.3) is 0 Å². The predicted octanol–water partition coefficient (Wildman–Crippen LogP) is 4.00. The van der Waals surface area contributed by atoms with E-state index in [1.807, 2.05) is 0 Å². The maximum absolute atomic E-state index is 12.0. The first-order chi connectivity index (χ1) is 10.5. The molecule has 0 saturated heterocycles. The molecule has 0 aromatic heterocycles. The van der Waals surface area contributed by atoms with E-state index in [-0.39, 0.29) is 5.91 Å². The van der Waals surface area contributed by atoms with Crippen LogP contribution in [-0.2, 0) is 9.53 Å². The second-order valence-electron chi connectivity index (χ2n) is 6.17. The summed E-state index contributed by atoms with van der Waals surface area (Å²) in [5.41, 5.74) is 3.50. The van der Waals surface area contributed by atoms with Crippen LogP contribution < -0.4 is 5.32 Å². The van der Waals surface area contributed by atoms with Crippen LogP contribution in [0.3, 0.4) is 0 Å². The molecule has 0 fully saturated rings. The van der Waals surface area contributed by atoms with Gasteiger partial charge in [-0.15, -0.1) is 0 Å². The average Bonchev–Trinajstić information content (AvgIpc) is 2.49. The summed E-state index contributed by atoms with van der Waals surface area (Å²) in [4.78, 5) is 12.0. The minimum Gasteiger partial charge on any atom is -0.385 e. The topological polar surface area (TPSA) is 38.3 Å². The number of methoxy groups -OCH3 is 1. The number of hydrogen-bond donors (Lipinski definition) is 1. The average molecular weight is 303 g/mol. The van der Waals surface area contributed by atoms with Crippen LogP contribution in [0, 0.1) is 5.92 Å². The highest BCUT2D eigenvalue weighted by molar-refractivity contribution is 5.95. The zero-order valence-electron chi connectivity index (χ0n) is 14.5. The normalized spacial score (nSPS) is 12.0. The van der Waals surface area contributed by atoms with Gasteiger partial charge in [-0.2, -0.15) is 0 Å². The molecule has 0 spiro atoms. The SMILES string of the molecule is COCCCNC(=O)/C=C(/c1ccc(C(C)C)cc1)C(C)C. The van der Waals surface area contributed by atoms with Gasteiger partial charge in [-0.3, -0.25) is 4.79 Å². The lowest BCUT2D eigenvalue weighted by Crippen LogP contribution is -2.23. The maximum Gasteiger partial charge on any atom is 0.244 e. The van der Waals surface area contributed by atoms with Crippen LogP contribution in [0.25, 0.3) is 5.57 Å². The summed E-state index contributed by atoms with van der Waals surface area (Å²) in [6, 6.07) is 8.51. The van der Waals surface area contributed by atoms with Gasteiger partial charge in [0.1, 0.15) is 0 Å². The molecule has 0 bridgehead atoms. The molecule has 1 amide bonds. The number of allylic oxidation sites excluding steroid dienone is 1. The van der Waals surface area contributed by atoms with Crippen molar-refractivity contribution < 1.29 is 9.53 Å². The van der Waals surface area contributed by atoms with E-state index in [0.29, 0.717) is 25.0 Å². The Morgan fingerprint density at radius 2 is 1.82 bits per heavy atom. The van der Waals surface area contributed by atoms with Gasteiger partial charge in [0.15, 0.2) is 0 Å². The molecule has 0 heterocycles. The molecule has 22 heavy (non-hydrogen) atoms. The fraction of sp³-hybridized carbons (Fsp3) is 0.526. The molecule has 0 atom stereocenters. The van der Waals surface area contributed by atoms with Crippen LogP contribution in [0.15, 0.2) is 30.3 Å². The molecule has 1 N–H and O–H groups in total. The molecule has 0 aliphatic carbocycles. The Kier molecular flexibility index (Phi) is 7.89. The fourth-order valence-corrected chi connectivity index (χ4v) is 2.26. The van der Waals surface area contributed by atoms with Crippen molar-refractivity contribution in [3.8, 4) is 0 Å². The van der Waals surface area contributed by atoms with Crippen LogP contribution in [-0.4, -0.2) is 26.2 Å². The standard InChI is InChI=1S/C19H29NO2/c1-14(2)16-7-9-17(10-8-16)18(15(3)4)13-19(21)20-11-6-12-22-5/h7-10,13-15H,6,11-12H2,1-5H3,(H,20,21)/b18-13+. The van der Waals surface area contributed by atoms with Crippen molar-refractivity contribution in [2.24, 2.45) is 5.92 Å². The number of benzene rings is 1. The Morgan fingerprint density at radius 1 is 1.18 bits per heavy atom. The summed E-state index contributed by atoms with van der Waals surface area (Å²) in [6.07, 6.45) is 2.55. The van der Waals surface area contributed by atoms with Gasteiger partial charge >= 0.3 is 0 Å². The van der Waals surface area contributed by atoms with Gasteiger partial charge in [0.05, 0.1) is 0 Å². The second-order valence-corrected chi connectivity index (χ2v) is 6.17. The van der Waals surface area contributed by atoms with Crippen LogP contribution in [0.5, 0.6) is 0 Å². The van der Waals surface area contributed by atoms with E-state index < -0.39 is 0 Å². The molecular formula is C19H29NO2. The minimum absolute atomic E-state index is 0.0345. The highest BCUT2D eigenvalue weighted by atomic mass is 16.5. The molecule has 0 saturated carbocycles. The van der Waals surface area contributed by atoms with Crippen LogP contribution >= 0.6 is 0 Å². The quantitative estimate of drug-likeness (QED) is 0.582. The molecule has 3 nitrogen and oxygen atoms in total. The number of carbonyl (C=O) groups is 1. The summed E-state index contributed by atoms with van der Waals surface area (Å²) >= 11 is 0. The molecule has 1 aromatic carbocycles. The first kappa shape index (κ1) is 18.4. The van der Waals surface area contributed by atoms with Gasteiger partial charge in [0.2, 0.25) is 5.91 Å². The Morgan fingerprint density at radius 3 is 2.32 bits per heavy atom. The third-order valence-electron chi connectivity index (χ3n) is 3.64. The molecule has 1 rings (SSSR count). The number of hydrogen-bond acceptors (Lipinski definition) is 2. The van der Waals surface area contributed by atoms with E-state index in [1.54, 1.807) is 13.2 Å². The van der Waals surface area contributed by atoms with Gasteiger partial charge in [-0.05, 0) is 35.0 Å². The number of ether oxygens (including phenoxy) is 1. The van der Waals surface area contributed by atoms with Gasteiger partial charge in [-0.25, -0.2) is 0 Å². The molecule has 122 valence electrons. The Balaban J connectivity index is 2.79. The largest absolute Gasteiger partial charge is 0.385 e. The molecule has 3 heteroatoms. The first-order valence-electron chi connectivity index (χ1n) is 8.04. The summed E-state index contributed by atoms with van der Waals surface area (Å²) < 4.78 is 4.98. The lowest BCUT2D eigenvalue weighted by Gasteiger charge is -2.14. The van der Waals surface area contributed by atoms with Crippen LogP contribution in [0.1, 0.15) is 51.2 Å². The maximum atomic E-state index is 12.0. The van der Waals surface area contributed by atoms with Crippen molar-refractivity contribution in [2.45, 2.75) is 40.0 Å². The van der Waals surface area contributed by atoms with Crippen molar-refractivity contribution in [1.82, 2.24) is 5.32 Å². The predicted molar refractivity (Wildman–Crippen MR) is 92.8 cm³/mol. The monoisotopic (exact) mass is 303 g/mol. The number of rotatable bonds is 8. The Hall–Kier alpha value is -1.61. The summed E-state index contributed by atoms with van der Waals surface area (Å²) in [6.45, 7) is 9.89. The minimum atomic E-state index is -0.0345. The summed E-state index contributed by atoms with van der Waals surface area (Å²) in [5.74, 6) is 0.784. The molecule has 0 aliphatic rings. The molecular weight excluding hydrogens is 274 g/mol. The van der Waals surface area contributed by atoms with Gasteiger partial charge in [-0.1, -0.05) is 52.0 Å². The van der Waals surface area contributed by atoms with E-state index in [9.17, 15) is 4.79 Å². The third-order valence-corrected chi connectivity index (χ3v) is 3.64. The van der Waals surface area contributed by atoms with Gasteiger partial charge in [0, 0.05) is 26.3 Å². The summed E-state index contributed by atoms with van der Waals surface area (Å²) in [5, 5.41) is 2.91. The molecule has 0 unspecified atom stereocenters. The van der Waals surface area contributed by atoms with E-state index in [0.717, 1.165) is 17.6 Å². The van der Waals surface area contributed by atoms with Crippen LogP contribution in [0.2, 0.25) is 0 Å². The number of carbonyl (C=O) groups excluding carboxylic acids is 1. The molecule has 1 aromatic rings. The zero-order chi connectivity index (χ0) is 16.5. The van der Waals surface area contributed by atoms with E-state index >= 15 is 0 Å². The van der Waals surface area contributed by atoms with Crippen LogP contribution in [0.4, 0.5) is 0 Å². The highest BCUT2D eigenvalue weighted by Crippen LogP contribution is 2.25. The third kappa shape index (κ3) is 6.02. The van der Waals surface area contributed by atoms with Crippen molar-refractivity contribution in [1.29, 1.82) is 0 Å². The fourth-order valence-electron chi connectivity index (χ4n) is 2.26. The van der Waals surface area contributed by atoms with Crippen molar-refractivity contribution in [3.63, 3.8) is 0 Å². The summed E-state index contributed by atoms with van der Waals surface area (Å²) in [7, 11) is 1.67. The van der Waals surface area contributed by atoms with Crippen molar-refractivity contribution in [3.05, 3.63) is 41.5 Å².